The van der Waals surface area contributed by atoms with Gasteiger partial charge in [0.15, 0.2) is 11.5 Å². The number of methoxy groups -OCH3 is 2. The summed E-state index contributed by atoms with van der Waals surface area (Å²) >= 11 is 1.32. The van der Waals surface area contributed by atoms with E-state index in [1.807, 2.05) is 42.5 Å². The molecule has 0 atom stereocenters. The van der Waals surface area contributed by atoms with Crippen LogP contribution >= 0.6 is 11.8 Å². The zero-order valence-corrected chi connectivity index (χ0v) is 17.9. The van der Waals surface area contributed by atoms with E-state index in [1.54, 1.807) is 20.3 Å². The number of thioether (sulfide) groups is 1. The lowest BCUT2D eigenvalue weighted by atomic mass is 10.1. The lowest BCUT2D eigenvalue weighted by Gasteiger charge is -2.10. The van der Waals surface area contributed by atoms with E-state index in [2.05, 4.69) is 15.5 Å². The van der Waals surface area contributed by atoms with Crippen LogP contribution < -0.4 is 24.3 Å². The summed E-state index contributed by atoms with van der Waals surface area (Å²) < 4.78 is 21.3. The van der Waals surface area contributed by atoms with Gasteiger partial charge < -0.3 is 24.3 Å². The fraction of sp³-hybridized carbons (Fsp3) is 0.227. The van der Waals surface area contributed by atoms with Crippen LogP contribution in [0.5, 0.6) is 23.0 Å². The fourth-order valence-electron chi connectivity index (χ4n) is 2.99. The molecule has 1 aromatic heterocycles. The number of fused-ring (bicyclic) bond motifs is 1. The molecule has 1 N–H and O–H groups in total. The fourth-order valence-corrected chi connectivity index (χ4v) is 3.64. The quantitative estimate of drug-likeness (QED) is 0.535. The molecule has 1 aliphatic rings. The average molecular weight is 439 g/mol. The van der Waals surface area contributed by atoms with E-state index in [0.717, 1.165) is 16.9 Å². The molecule has 0 fully saturated rings. The predicted octanol–water partition coefficient (Wildman–Crippen LogP) is 3.30. The summed E-state index contributed by atoms with van der Waals surface area (Å²) in [6.45, 7) is 0.644. The smallest absolute Gasteiger partial charge is 0.231 e. The Kier molecular flexibility index (Phi) is 6.42. The first-order valence-electron chi connectivity index (χ1n) is 9.50. The first-order chi connectivity index (χ1) is 15.2. The Morgan fingerprint density at radius 1 is 1.03 bits per heavy atom. The average Bonchev–Trinajstić information content (AvgIpc) is 3.29. The SMILES string of the molecule is COc1ccc(-c2ccc(SCC(=O)NCc3ccc4c(c3)OCO4)nn2)c(OC)c1. The van der Waals surface area contributed by atoms with E-state index in [0.29, 0.717) is 34.5 Å². The molecule has 2 aromatic carbocycles. The molecule has 0 aliphatic carbocycles. The van der Waals surface area contributed by atoms with Crippen molar-refractivity contribution in [2.75, 3.05) is 26.8 Å². The van der Waals surface area contributed by atoms with Gasteiger partial charge in [0, 0.05) is 18.2 Å². The second-order valence-corrected chi connectivity index (χ2v) is 7.57. The molecule has 0 saturated heterocycles. The number of hydrogen-bond donors (Lipinski definition) is 1. The number of hydrogen-bond acceptors (Lipinski definition) is 8. The number of nitrogens with zero attached hydrogens (tertiary/aromatic N) is 2. The van der Waals surface area contributed by atoms with Gasteiger partial charge in [0.05, 0.1) is 25.7 Å². The first kappa shape index (κ1) is 20.8. The van der Waals surface area contributed by atoms with Crippen molar-refractivity contribution in [3.63, 3.8) is 0 Å². The number of benzene rings is 2. The van der Waals surface area contributed by atoms with Crippen molar-refractivity contribution >= 4 is 17.7 Å². The Morgan fingerprint density at radius 2 is 1.90 bits per heavy atom. The van der Waals surface area contributed by atoms with Crippen molar-refractivity contribution in [1.29, 1.82) is 0 Å². The van der Waals surface area contributed by atoms with Crippen LogP contribution in [0, 0.1) is 0 Å². The van der Waals surface area contributed by atoms with Gasteiger partial charge in [-0.25, -0.2) is 0 Å². The summed E-state index contributed by atoms with van der Waals surface area (Å²) in [7, 11) is 3.20. The van der Waals surface area contributed by atoms with E-state index in [9.17, 15) is 4.79 Å². The van der Waals surface area contributed by atoms with Gasteiger partial charge in [-0.2, -0.15) is 0 Å². The summed E-state index contributed by atoms with van der Waals surface area (Å²) in [5.41, 5.74) is 2.44. The topological polar surface area (TPSA) is 91.8 Å². The monoisotopic (exact) mass is 439 g/mol. The number of ether oxygens (including phenoxy) is 4. The van der Waals surface area contributed by atoms with Crippen molar-refractivity contribution in [3.05, 3.63) is 54.1 Å². The number of carbonyl (C=O) groups is 1. The molecular formula is C22H21N3O5S. The van der Waals surface area contributed by atoms with Gasteiger partial charge in [-0.3, -0.25) is 4.79 Å². The van der Waals surface area contributed by atoms with Gasteiger partial charge in [0.1, 0.15) is 16.5 Å². The largest absolute Gasteiger partial charge is 0.497 e. The highest BCUT2D eigenvalue weighted by atomic mass is 32.2. The highest BCUT2D eigenvalue weighted by Gasteiger charge is 2.14. The minimum Gasteiger partial charge on any atom is -0.497 e. The third-order valence-electron chi connectivity index (χ3n) is 4.60. The number of rotatable bonds is 8. The normalized spacial score (nSPS) is 11.8. The van der Waals surface area contributed by atoms with Gasteiger partial charge in [0.2, 0.25) is 12.7 Å². The summed E-state index contributed by atoms with van der Waals surface area (Å²) in [5.74, 6) is 2.92. The van der Waals surface area contributed by atoms with Gasteiger partial charge in [0.25, 0.3) is 0 Å². The van der Waals surface area contributed by atoms with E-state index in [4.69, 9.17) is 18.9 Å². The molecule has 0 bridgehead atoms. The van der Waals surface area contributed by atoms with Crippen LogP contribution in [0.1, 0.15) is 5.56 Å². The zero-order chi connectivity index (χ0) is 21.6. The molecule has 3 aromatic rings. The van der Waals surface area contributed by atoms with Gasteiger partial charge >= 0.3 is 0 Å². The number of nitrogens with one attached hydrogen (secondary N) is 1. The minimum atomic E-state index is -0.0923. The van der Waals surface area contributed by atoms with E-state index in [1.165, 1.54) is 11.8 Å². The molecule has 1 aliphatic heterocycles. The molecule has 9 heteroatoms. The maximum Gasteiger partial charge on any atom is 0.231 e. The molecule has 2 heterocycles. The maximum absolute atomic E-state index is 12.2. The second kappa shape index (κ2) is 9.57. The van der Waals surface area contributed by atoms with Crippen LogP contribution in [-0.2, 0) is 11.3 Å². The molecule has 31 heavy (non-hydrogen) atoms. The highest BCUT2D eigenvalue weighted by molar-refractivity contribution is 7.99. The number of carbonyl (C=O) groups excluding carboxylic acids is 1. The first-order valence-corrected chi connectivity index (χ1v) is 10.5. The number of aromatic nitrogens is 2. The molecule has 0 spiro atoms. The summed E-state index contributed by atoms with van der Waals surface area (Å²) in [4.78, 5) is 12.2. The molecule has 8 nitrogen and oxygen atoms in total. The lowest BCUT2D eigenvalue weighted by molar-refractivity contribution is -0.118. The van der Waals surface area contributed by atoms with Gasteiger partial charge in [-0.15, -0.1) is 10.2 Å². The summed E-state index contributed by atoms with van der Waals surface area (Å²) in [5, 5.41) is 12.0. The Balaban J connectivity index is 1.30. The molecule has 1 amide bonds. The number of amides is 1. The van der Waals surface area contributed by atoms with Crippen molar-refractivity contribution in [3.8, 4) is 34.3 Å². The van der Waals surface area contributed by atoms with Gasteiger partial charge in [-0.05, 0) is 42.0 Å². The van der Waals surface area contributed by atoms with Gasteiger partial charge in [-0.1, -0.05) is 17.8 Å². The van der Waals surface area contributed by atoms with Crippen molar-refractivity contribution < 1.29 is 23.7 Å². The molecule has 4 rings (SSSR count). The molecule has 0 unspecified atom stereocenters. The maximum atomic E-state index is 12.2. The minimum absolute atomic E-state index is 0.0923. The predicted molar refractivity (Wildman–Crippen MR) is 116 cm³/mol. The highest BCUT2D eigenvalue weighted by Crippen LogP contribution is 2.33. The van der Waals surface area contributed by atoms with Crippen molar-refractivity contribution in [2.24, 2.45) is 0 Å². The third kappa shape index (κ3) is 5.00. The summed E-state index contributed by atoms with van der Waals surface area (Å²) in [6.07, 6.45) is 0. The second-order valence-electron chi connectivity index (χ2n) is 6.58. The van der Waals surface area contributed by atoms with Crippen LogP contribution in [0.25, 0.3) is 11.3 Å². The Morgan fingerprint density at radius 3 is 2.68 bits per heavy atom. The molecular weight excluding hydrogens is 418 g/mol. The van der Waals surface area contributed by atoms with Crippen molar-refractivity contribution in [2.45, 2.75) is 11.6 Å². The van der Waals surface area contributed by atoms with Crippen LogP contribution in [0.2, 0.25) is 0 Å². The van der Waals surface area contributed by atoms with Crippen LogP contribution in [-0.4, -0.2) is 42.9 Å². The van der Waals surface area contributed by atoms with Crippen molar-refractivity contribution in [1.82, 2.24) is 15.5 Å². The Labute approximate surface area is 183 Å². The Bertz CT molecular complexity index is 1080. The molecule has 0 radical (unpaired) electrons. The van der Waals surface area contributed by atoms with E-state index in [-0.39, 0.29) is 18.5 Å². The summed E-state index contributed by atoms with van der Waals surface area (Å²) in [6, 6.07) is 14.8. The molecule has 0 saturated carbocycles. The van der Waals surface area contributed by atoms with E-state index < -0.39 is 0 Å². The van der Waals surface area contributed by atoms with Crippen LogP contribution in [0.4, 0.5) is 0 Å². The van der Waals surface area contributed by atoms with E-state index >= 15 is 0 Å². The lowest BCUT2D eigenvalue weighted by Crippen LogP contribution is -2.24. The zero-order valence-electron chi connectivity index (χ0n) is 17.1. The Hall–Kier alpha value is -3.46. The third-order valence-corrected chi connectivity index (χ3v) is 5.52. The van der Waals surface area contributed by atoms with Crippen LogP contribution in [0.15, 0.2) is 53.6 Å². The molecule has 160 valence electrons. The van der Waals surface area contributed by atoms with Crippen LogP contribution in [0.3, 0.4) is 0 Å². The standard InChI is InChI=1S/C22H21N3O5S/c1-27-15-4-5-16(19(10-15)28-2)17-6-8-22(25-24-17)31-12-21(26)23-11-14-3-7-18-20(9-14)30-13-29-18/h3-10H,11-13H2,1-2H3,(H,23,26).